The molecule has 0 unspecified atom stereocenters. The van der Waals surface area contributed by atoms with Gasteiger partial charge in [-0.25, -0.2) is 0 Å². The van der Waals surface area contributed by atoms with Crippen molar-refractivity contribution < 1.29 is 4.79 Å². The molecule has 0 saturated carbocycles. The van der Waals surface area contributed by atoms with Crippen LogP contribution in [0.25, 0.3) is 0 Å². The first-order valence-electron chi connectivity index (χ1n) is 2.06. The molecule has 0 aromatic carbocycles. The minimum Gasteiger partial charge on any atom is -0.297 e. The Kier molecular flexibility index (Phi) is 1.70. The standard InChI is InChI=1S/C5H4OS2/c6-3-5-4(7)1-2-8-5/h1-3,7H. The van der Waals surface area contributed by atoms with E-state index >= 15 is 0 Å². The van der Waals surface area contributed by atoms with Crippen LogP contribution in [0.3, 0.4) is 0 Å². The zero-order valence-corrected chi connectivity index (χ0v) is 5.71. The molecule has 0 amide bonds. The maximum atomic E-state index is 10.0. The van der Waals surface area contributed by atoms with E-state index in [0.717, 1.165) is 11.2 Å². The first kappa shape index (κ1) is 5.85. The SMILES string of the molecule is O=Cc1sccc1S. The second-order valence-electron chi connectivity index (χ2n) is 1.29. The van der Waals surface area contributed by atoms with E-state index in [4.69, 9.17) is 0 Å². The van der Waals surface area contributed by atoms with Crippen LogP contribution < -0.4 is 0 Å². The van der Waals surface area contributed by atoms with Crippen molar-refractivity contribution in [2.45, 2.75) is 4.90 Å². The molecule has 0 aliphatic carbocycles. The van der Waals surface area contributed by atoms with Crippen molar-refractivity contribution in [2.24, 2.45) is 0 Å². The van der Waals surface area contributed by atoms with E-state index < -0.39 is 0 Å². The predicted octanol–water partition coefficient (Wildman–Crippen LogP) is 1.85. The largest absolute Gasteiger partial charge is 0.297 e. The molecule has 8 heavy (non-hydrogen) atoms. The summed E-state index contributed by atoms with van der Waals surface area (Å²) in [4.78, 5) is 11.5. The second-order valence-corrected chi connectivity index (χ2v) is 2.72. The lowest BCUT2D eigenvalue weighted by atomic mass is 10.5. The summed E-state index contributed by atoms with van der Waals surface area (Å²) in [6, 6.07) is 1.80. The van der Waals surface area contributed by atoms with Crippen molar-refractivity contribution >= 4 is 30.3 Å². The van der Waals surface area contributed by atoms with E-state index in [2.05, 4.69) is 12.6 Å². The van der Waals surface area contributed by atoms with Crippen LogP contribution in [0, 0.1) is 0 Å². The van der Waals surface area contributed by atoms with Gasteiger partial charge in [-0.2, -0.15) is 0 Å². The smallest absolute Gasteiger partial charge is 0.161 e. The molecule has 1 heterocycles. The van der Waals surface area contributed by atoms with Crippen LogP contribution >= 0.6 is 24.0 Å². The Morgan fingerprint density at radius 3 is 2.75 bits per heavy atom. The molecule has 0 radical (unpaired) electrons. The van der Waals surface area contributed by atoms with E-state index in [1.165, 1.54) is 11.3 Å². The van der Waals surface area contributed by atoms with Crippen molar-refractivity contribution in [1.29, 1.82) is 0 Å². The number of hydrogen-bond donors (Lipinski definition) is 1. The zero-order chi connectivity index (χ0) is 5.98. The topological polar surface area (TPSA) is 17.1 Å². The molecule has 0 saturated heterocycles. The van der Waals surface area contributed by atoms with E-state index in [1.54, 1.807) is 6.07 Å². The summed E-state index contributed by atoms with van der Waals surface area (Å²) >= 11 is 5.41. The monoisotopic (exact) mass is 144 g/mol. The van der Waals surface area contributed by atoms with Gasteiger partial charge in [0.2, 0.25) is 0 Å². The lowest BCUT2D eigenvalue weighted by Gasteiger charge is -1.78. The molecule has 0 bridgehead atoms. The molecule has 3 heteroatoms. The van der Waals surface area contributed by atoms with Gasteiger partial charge in [0.15, 0.2) is 6.29 Å². The second kappa shape index (κ2) is 2.33. The quantitative estimate of drug-likeness (QED) is 0.470. The molecule has 0 spiro atoms. The highest BCUT2D eigenvalue weighted by Crippen LogP contribution is 2.16. The van der Waals surface area contributed by atoms with Gasteiger partial charge in [0.1, 0.15) is 0 Å². The molecule has 0 N–H and O–H groups in total. The Bertz CT molecular complexity index is 192. The maximum Gasteiger partial charge on any atom is 0.161 e. The van der Waals surface area contributed by atoms with Crippen molar-refractivity contribution in [2.75, 3.05) is 0 Å². The van der Waals surface area contributed by atoms with Crippen LogP contribution in [-0.4, -0.2) is 6.29 Å². The molecule has 1 aromatic heterocycles. The van der Waals surface area contributed by atoms with Gasteiger partial charge >= 0.3 is 0 Å². The van der Waals surface area contributed by atoms with Gasteiger partial charge in [-0.3, -0.25) is 4.79 Å². The van der Waals surface area contributed by atoms with Gasteiger partial charge in [-0.15, -0.1) is 24.0 Å². The summed E-state index contributed by atoms with van der Waals surface area (Å²) < 4.78 is 0. The summed E-state index contributed by atoms with van der Waals surface area (Å²) in [5.74, 6) is 0. The van der Waals surface area contributed by atoms with E-state index in [9.17, 15) is 4.79 Å². The molecule has 0 atom stereocenters. The number of thiol groups is 1. The molecular weight excluding hydrogens is 140 g/mol. The molecule has 1 nitrogen and oxygen atoms in total. The van der Waals surface area contributed by atoms with Crippen LogP contribution in [0.5, 0.6) is 0 Å². The number of carbonyl (C=O) groups excluding carboxylic acids is 1. The molecular formula is C5H4OS2. The normalized spacial score (nSPS) is 9.12. The first-order valence-corrected chi connectivity index (χ1v) is 3.39. The Morgan fingerprint density at radius 1 is 1.75 bits per heavy atom. The fourth-order valence-corrected chi connectivity index (χ4v) is 1.38. The Balaban J connectivity index is 3.09. The van der Waals surface area contributed by atoms with Crippen LogP contribution in [0.15, 0.2) is 16.3 Å². The van der Waals surface area contributed by atoms with Gasteiger partial charge in [-0.05, 0) is 11.4 Å². The van der Waals surface area contributed by atoms with Gasteiger partial charge in [0.05, 0.1) is 4.88 Å². The van der Waals surface area contributed by atoms with Gasteiger partial charge < -0.3 is 0 Å². The van der Waals surface area contributed by atoms with Crippen molar-refractivity contribution in [3.05, 3.63) is 16.3 Å². The minimum atomic E-state index is 0.702. The lowest BCUT2D eigenvalue weighted by molar-refractivity contribution is 0.112. The van der Waals surface area contributed by atoms with E-state index in [1.807, 2.05) is 5.38 Å². The van der Waals surface area contributed by atoms with Crippen LogP contribution in [-0.2, 0) is 0 Å². The molecule has 42 valence electrons. The highest BCUT2D eigenvalue weighted by atomic mass is 32.1. The number of rotatable bonds is 1. The number of carbonyl (C=O) groups is 1. The molecule has 0 aliphatic heterocycles. The number of hydrogen-bond acceptors (Lipinski definition) is 3. The fraction of sp³-hybridized carbons (Fsp3) is 0. The molecule has 0 aliphatic rings. The van der Waals surface area contributed by atoms with E-state index in [-0.39, 0.29) is 0 Å². The molecule has 1 aromatic rings. The average molecular weight is 144 g/mol. The fourth-order valence-electron chi connectivity index (χ4n) is 0.402. The Labute approximate surface area is 56.8 Å². The third-order valence-electron chi connectivity index (χ3n) is 0.780. The van der Waals surface area contributed by atoms with Crippen molar-refractivity contribution in [3.63, 3.8) is 0 Å². The predicted molar refractivity (Wildman–Crippen MR) is 37.0 cm³/mol. The highest BCUT2D eigenvalue weighted by Gasteiger charge is 1.94. The highest BCUT2D eigenvalue weighted by molar-refractivity contribution is 7.80. The van der Waals surface area contributed by atoms with Crippen molar-refractivity contribution in [1.82, 2.24) is 0 Å². The van der Waals surface area contributed by atoms with Crippen LogP contribution in [0.1, 0.15) is 9.67 Å². The average Bonchev–Trinajstić information content (AvgIpc) is 2.14. The zero-order valence-electron chi connectivity index (χ0n) is 4.00. The summed E-state index contributed by atoms with van der Waals surface area (Å²) in [6.45, 7) is 0. The third-order valence-corrected chi connectivity index (χ3v) is 2.16. The molecule has 1 rings (SSSR count). The van der Waals surface area contributed by atoms with Crippen molar-refractivity contribution in [3.8, 4) is 0 Å². The summed E-state index contributed by atoms with van der Waals surface area (Å²) in [5, 5.41) is 1.84. The minimum absolute atomic E-state index is 0.702. The number of thiophene rings is 1. The molecule has 0 fully saturated rings. The van der Waals surface area contributed by atoms with Crippen LogP contribution in [0.4, 0.5) is 0 Å². The Morgan fingerprint density at radius 2 is 2.50 bits per heavy atom. The summed E-state index contributed by atoms with van der Waals surface area (Å²) in [5.41, 5.74) is 0. The number of aldehydes is 1. The third kappa shape index (κ3) is 0.928. The van der Waals surface area contributed by atoms with Gasteiger partial charge in [0, 0.05) is 4.90 Å². The Hall–Kier alpha value is -0.280. The summed E-state index contributed by atoms with van der Waals surface area (Å²) in [6.07, 6.45) is 0.812. The van der Waals surface area contributed by atoms with E-state index in [0.29, 0.717) is 4.88 Å². The van der Waals surface area contributed by atoms with Crippen LogP contribution in [0.2, 0.25) is 0 Å². The van der Waals surface area contributed by atoms with Gasteiger partial charge in [0.25, 0.3) is 0 Å². The van der Waals surface area contributed by atoms with Gasteiger partial charge in [-0.1, -0.05) is 0 Å². The maximum absolute atomic E-state index is 10.0. The first-order chi connectivity index (χ1) is 3.84. The summed E-state index contributed by atoms with van der Waals surface area (Å²) in [7, 11) is 0. The lowest BCUT2D eigenvalue weighted by Crippen LogP contribution is -1.67.